The Labute approximate surface area is 175 Å². The number of piperidine rings is 1. The minimum atomic E-state index is -3.16. The summed E-state index contributed by atoms with van der Waals surface area (Å²) in [4.78, 5) is 21.9. The molecule has 2 aromatic rings. The molecule has 1 saturated heterocycles. The number of pyridine rings is 1. The molecule has 0 unspecified atom stereocenters. The van der Waals surface area contributed by atoms with Crippen LogP contribution in [0.25, 0.3) is 11.0 Å². The highest BCUT2D eigenvalue weighted by Crippen LogP contribution is 2.36. The van der Waals surface area contributed by atoms with Crippen LogP contribution in [0, 0.1) is 5.92 Å². The van der Waals surface area contributed by atoms with E-state index in [9.17, 15) is 13.2 Å². The van der Waals surface area contributed by atoms with Crippen LogP contribution in [0.3, 0.4) is 0 Å². The van der Waals surface area contributed by atoms with Gasteiger partial charge >= 0.3 is 0 Å². The zero-order valence-electron chi connectivity index (χ0n) is 16.6. The number of anilines is 1. The first-order valence-electron chi connectivity index (χ1n) is 10.0. The van der Waals surface area contributed by atoms with Crippen LogP contribution in [0.2, 0.25) is 5.02 Å². The van der Waals surface area contributed by atoms with Crippen LogP contribution in [0.5, 0.6) is 0 Å². The molecule has 29 heavy (non-hydrogen) atoms. The molecule has 0 bridgehead atoms. The quantitative estimate of drug-likeness (QED) is 0.786. The molecule has 4 rings (SSSR count). The number of sulfonamides is 1. The zero-order chi connectivity index (χ0) is 20.8. The second-order valence-corrected chi connectivity index (χ2v) is 10.6. The topological polar surface area (TPSA) is 97.2 Å². The van der Waals surface area contributed by atoms with Crippen molar-refractivity contribution in [2.45, 2.75) is 51.1 Å². The second-order valence-electron chi connectivity index (χ2n) is 8.20. The fourth-order valence-corrected chi connectivity index (χ4v) is 5.57. The van der Waals surface area contributed by atoms with Gasteiger partial charge in [0.1, 0.15) is 10.7 Å². The molecule has 2 fully saturated rings. The van der Waals surface area contributed by atoms with Gasteiger partial charge in [0.15, 0.2) is 0 Å². The summed E-state index contributed by atoms with van der Waals surface area (Å²) in [7, 11) is -3.16. The monoisotopic (exact) mass is 439 g/mol. The number of nitrogens with zero attached hydrogens (tertiary/aromatic N) is 4. The number of aromatic nitrogens is 3. The van der Waals surface area contributed by atoms with Gasteiger partial charge in [0.05, 0.1) is 6.26 Å². The third-order valence-corrected chi connectivity index (χ3v) is 7.71. The predicted molar refractivity (Wildman–Crippen MR) is 114 cm³/mol. The van der Waals surface area contributed by atoms with Gasteiger partial charge in [-0.25, -0.2) is 17.7 Å². The lowest BCUT2D eigenvalue weighted by Gasteiger charge is -2.30. The number of fused-ring (bicyclic) bond motifs is 1. The molecule has 0 aromatic carbocycles. The third-order valence-electron chi connectivity index (χ3n) is 6.13. The summed E-state index contributed by atoms with van der Waals surface area (Å²) in [6, 6.07) is 1.80. The van der Waals surface area contributed by atoms with Crippen LogP contribution in [0.15, 0.2) is 17.1 Å². The number of halogens is 1. The van der Waals surface area contributed by atoms with Crippen LogP contribution >= 0.6 is 11.6 Å². The molecule has 3 heterocycles. The van der Waals surface area contributed by atoms with E-state index in [0.717, 1.165) is 24.6 Å². The number of hydrogen-bond donors (Lipinski definition) is 1. The molecule has 1 saturated carbocycles. The molecule has 2 aliphatic rings. The minimum Gasteiger partial charge on any atom is -0.351 e. The van der Waals surface area contributed by atoms with Crippen molar-refractivity contribution >= 4 is 38.6 Å². The number of rotatable bonds is 4. The molecule has 1 aliphatic heterocycles. The Bertz CT molecular complexity index is 1080. The van der Waals surface area contributed by atoms with Gasteiger partial charge in [-0.15, -0.1) is 0 Å². The summed E-state index contributed by atoms with van der Waals surface area (Å²) in [6.07, 6.45) is 7.40. The number of hydrogen-bond acceptors (Lipinski definition) is 6. The molecule has 8 nitrogen and oxygen atoms in total. The van der Waals surface area contributed by atoms with Crippen LogP contribution in [-0.4, -0.2) is 52.6 Å². The van der Waals surface area contributed by atoms with E-state index in [1.54, 1.807) is 16.8 Å². The normalized spacial score (nSPS) is 24.2. The first kappa shape index (κ1) is 20.6. The van der Waals surface area contributed by atoms with Crippen molar-refractivity contribution in [3.63, 3.8) is 0 Å². The van der Waals surface area contributed by atoms with E-state index in [2.05, 4.69) is 22.2 Å². The maximum atomic E-state index is 12.8. The minimum absolute atomic E-state index is 0.0864. The van der Waals surface area contributed by atoms with Gasteiger partial charge in [0, 0.05) is 36.8 Å². The lowest BCUT2D eigenvalue weighted by atomic mass is 10.1. The lowest BCUT2D eigenvalue weighted by Crippen LogP contribution is -2.42. The van der Waals surface area contributed by atoms with E-state index in [0.29, 0.717) is 43.4 Å². The zero-order valence-corrected chi connectivity index (χ0v) is 18.2. The summed E-state index contributed by atoms with van der Waals surface area (Å²) < 4.78 is 26.6. The molecule has 1 aliphatic carbocycles. The van der Waals surface area contributed by atoms with Crippen LogP contribution < -0.4 is 10.9 Å². The van der Waals surface area contributed by atoms with Crippen molar-refractivity contribution in [2.75, 3.05) is 24.7 Å². The SMILES string of the molecule is C[C@H]1CCC[C@H]1n1c(=O)c(Cl)cc2cnc(NC3CCN(S(C)(=O)=O)CC3)nc21. The second kappa shape index (κ2) is 7.85. The van der Waals surface area contributed by atoms with E-state index >= 15 is 0 Å². The van der Waals surface area contributed by atoms with Crippen molar-refractivity contribution in [3.05, 3.63) is 27.6 Å². The van der Waals surface area contributed by atoms with Gasteiger partial charge in [-0.3, -0.25) is 9.36 Å². The fraction of sp³-hybridized carbons (Fsp3) is 0.632. The van der Waals surface area contributed by atoms with Gasteiger partial charge in [-0.2, -0.15) is 4.98 Å². The Morgan fingerprint density at radius 2 is 1.93 bits per heavy atom. The van der Waals surface area contributed by atoms with Gasteiger partial charge in [0.25, 0.3) is 5.56 Å². The summed E-state index contributed by atoms with van der Waals surface area (Å²) >= 11 is 6.21. The van der Waals surface area contributed by atoms with E-state index in [1.807, 2.05) is 0 Å². The van der Waals surface area contributed by atoms with E-state index in [4.69, 9.17) is 11.6 Å². The molecule has 10 heteroatoms. The summed E-state index contributed by atoms with van der Waals surface area (Å²) in [5.74, 6) is 0.845. The molecule has 1 N–H and O–H groups in total. The molecule has 2 aromatic heterocycles. The van der Waals surface area contributed by atoms with Crippen LogP contribution in [0.1, 0.15) is 45.1 Å². The maximum Gasteiger partial charge on any atom is 0.271 e. The molecule has 0 amide bonds. The maximum absolute atomic E-state index is 12.8. The number of nitrogens with one attached hydrogen (secondary N) is 1. The Kier molecular flexibility index (Phi) is 5.56. The standard InChI is InChI=1S/C19H26ClN5O3S/c1-12-4-3-5-16(12)25-17-13(10-15(20)18(25)26)11-21-19(23-17)22-14-6-8-24(9-7-14)29(2,27)28/h10-12,14,16H,3-9H2,1-2H3,(H,21,22,23)/t12-,16+/m0/s1. The first-order chi connectivity index (χ1) is 13.7. The highest BCUT2D eigenvalue weighted by molar-refractivity contribution is 7.88. The van der Waals surface area contributed by atoms with Gasteiger partial charge < -0.3 is 5.32 Å². The van der Waals surface area contributed by atoms with E-state index in [-0.39, 0.29) is 22.7 Å². The molecular formula is C19H26ClN5O3S. The highest BCUT2D eigenvalue weighted by Gasteiger charge is 2.29. The Hall–Kier alpha value is -1.71. The Balaban J connectivity index is 1.62. The first-order valence-corrected chi connectivity index (χ1v) is 12.3. The Morgan fingerprint density at radius 3 is 2.55 bits per heavy atom. The smallest absolute Gasteiger partial charge is 0.271 e. The molecule has 0 spiro atoms. The van der Waals surface area contributed by atoms with Crippen molar-refractivity contribution in [3.8, 4) is 0 Å². The third kappa shape index (κ3) is 4.13. The predicted octanol–water partition coefficient (Wildman–Crippen LogP) is 2.64. The molecule has 158 valence electrons. The van der Waals surface area contributed by atoms with Crippen molar-refractivity contribution in [1.82, 2.24) is 18.8 Å². The lowest BCUT2D eigenvalue weighted by molar-refractivity contribution is 0.331. The van der Waals surface area contributed by atoms with Gasteiger partial charge in [0.2, 0.25) is 16.0 Å². The summed E-state index contributed by atoms with van der Waals surface area (Å²) in [6.45, 7) is 3.11. The average Bonchev–Trinajstić information content (AvgIpc) is 3.08. The van der Waals surface area contributed by atoms with Crippen molar-refractivity contribution in [1.29, 1.82) is 0 Å². The summed E-state index contributed by atoms with van der Waals surface area (Å²) in [5, 5.41) is 4.25. The van der Waals surface area contributed by atoms with Crippen molar-refractivity contribution in [2.24, 2.45) is 5.92 Å². The van der Waals surface area contributed by atoms with Gasteiger partial charge in [-0.05, 0) is 37.7 Å². The Morgan fingerprint density at radius 1 is 1.21 bits per heavy atom. The highest BCUT2D eigenvalue weighted by atomic mass is 35.5. The molecule has 0 radical (unpaired) electrons. The van der Waals surface area contributed by atoms with Crippen LogP contribution in [0.4, 0.5) is 5.95 Å². The average molecular weight is 440 g/mol. The van der Waals surface area contributed by atoms with E-state index in [1.165, 1.54) is 10.6 Å². The molecular weight excluding hydrogens is 414 g/mol. The molecule has 2 atom stereocenters. The summed E-state index contributed by atoms with van der Waals surface area (Å²) in [5.41, 5.74) is 0.397. The fourth-order valence-electron chi connectivity index (χ4n) is 4.49. The van der Waals surface area contributed by atoms with Crippen LogP contribution in [-0.2, 0) is 10.0 Å². The van der Waals surface area contributed by atoms with Crippen molar-refractivity contribution < 1.29 is 8.42 Å². The van der Waals surface area contributed by atoms with E-state index < -0.39 is 10.0 Å². The largest absolute Gasteiger partial charge is 0.351 e. The van der Waals surface area contributed by atoms with Gasteiger partial charge in [-0.1, -0.05) is 24.9 Å².